The minimum absolute atomic E-state index is 0.425. The summed E-state index contributed by atoms with van der Waals surface area (Å²) in [7, 11) is 0. The Kier molecular flexibility index (Phi) is 3.25. The maximum atomic E-state index is 9.75. The van der Waals surface area contributed by atoms with E-state index in [1.165, 1.54) is 21.2 Å². The standard InChI is InChI=1S/C16H17NOS/c1-3-17-13-6-4-5-7-15(13)19-16-9-8-12(11(2)18)10-14(16)17/h4-11,18H,3H2,1-2H3/t11-/m0/s1. The second-order valence-electron chi connectivity index (χ2n) is 4.72. The van der Waals surface area contributed by atoms with Crippen molar-refractivity contribution in [2.45, 2.75) is 29.7 Å². The maximum Gasteiger partial charge on any atom is 0.0762 e. The summed E-state index contributed by atoms with van der Waals surface area (Å²) in [6.07, 6.45) is -0.425. The molecule has 1 aliphatic heterocycles. The van der Waals surface area contributed by atoms with E-state index in [4.69, 9.17) is 0 Å². The lowest BCUT2D eigenvalue weighted by molar-refractivity contribution is 0.199. The van der Waals surface area contributed by atoms with Crippen molar-refractivity contribution >= 4 is 23.1 Å². The van der Waals surface area contributed by atoms with Crippen LogP contribution in [0.3, 0.4) is 0 Å². The molecule has 0 aliphatic carbocycles. The van der Waals surface area contributed by atoms with Crippen molar-refractivity contribution in [3.8, 4) is 0 Å². The van der Waals surface area contributed by atoms with Gasteiger partial charge in [-0.05, 0) is 43.7 Å². The molecule has 1 atom stereocenters. The zero-order valence-corrected chi connectivity index (χ0v) is 11.9. The number of hydrogen-bond donors (Lipinski definition) is 1. The van der Waals surface area contributed by atoms with Gasteiger partial charge in [0, 0.05) is 16.3 Å². The topological polar surface area (TPSA) is 23.5 Å². The highest BCUT2D eigenvalue weighted by molar-refractivity contribution is 7.99. The molecule has 19 heavy (non-hydrogen) atoms. The lowest BCUT2D eigenvalue weighted by Crippen LogP contribution is -2.20. The Morgan fingerprint density at radius 2 is 1.84 bits per heavy atom. The minimum Gasteiger partial charge on any atom is -0.389 e. The van der Waals surface area contributed by atoms with Crippen molar-refractivity contribution in [3.05, 3.63) is 48.0 Å². The monoisotopic (exact) mass is 271 g/mol. The van der Waals surface area contributed by atoms with E-state index < -0.39 is 6.10 Å². The third-order valence-corrected chi connectivity index (χ3v) is 4.58. The van der Waals surface area contributed by atoms with Gasteiger partial charge in [0.05, 0.1) is 17.5 Å². The summed E-state index contributed by atoms with van der Waals surface area (Å²) in [5, 5.41) is 9.75. The molecule has 2 aromatic rings. The lowest BCUT2D eigenvalue weighted by Gasteiger charge is -2.32. The minimum atomic E-state index is -0.425. The van der Waals surface area contributed by atoms with E-state index in [0.717, 1.165) is 12.1 Å². The maximum absolute atomic E-state index is 9.75. The first-order chi connectivity index (χ1) is 9.20. The van der Waals surface area contributed by atoms with Gasteiger partial charge in [-0.15, -0.1) is 0 Å². The van der Waals surface area contributed by atoms with Crippen molar-refractivity contribution in [1.29, 1.82) is 0 Å². The van der Waals surface area contributed by atoms with Gasteiger partial charge in [-0.3, -0.25) is 0 Å². The molecule has 0 unspecified atom stereocenters. The third-order valence-electron chi connectivity index (χ3n) is 3.45. The van der Waals surface area contributed by atoms with Crippen molar-refractivity contribution in [2.75, 3.05) is 11.4 Å². The smallest absolute Gasteiger partial charge is 0.0762 e. The Hall–Kier alpha value is -1.45. The zero-order valence-electron chi connectivity index (χ0n) is 11.1. The second-order valence-corrected chi connectivity index (χ2v) is 5.80. The molecule has 3 heteroatoms. The largest absolute Gasteiger partial charge is 0.389 e. The highest BCUT2D eigenvalue weighted by Crippen LogP contribution is 2.48. The Labute approximate surface area is 118 Å². The number of rotatable bonds is 2. The van der Waals surface area contributed by atoms with Crippen LogP contribution in [0.5, 0.6) is 0 Å². The predicted octanol–water partition coefficient (Wildman–Crippen LogP) is 4.36. The number of para-hydroxylation sites is 1. The van der Waals surface area contributed by atoms with Gasteiger partial charge >= 0.3 is 0 Å². The van der Waals surface area contributed by atoms with Crippen LogP contribution in [0.15, 0.2) is 52.3 Å². The fourth-order valence-corrected chi connectivity index (χ4v) is 3.52. The molecule has 0 saturated carbocycles. The van der Waals surface area contributed by atoms with Gasteiger partial charge in [0.1, 0.15) is 0 Å². The van der Waals surface area contributed by atoms with Gasteiger partial charge in [-0.1, -0.05) is 30.0 Å². The Morgan fingerprint density at radius 3 is 2.58 bits per heavy atom. The first-order valence-electron chi connectivity index (χ1n) is 6.57. The van der Waals surface area contributed by atoms with E-state index in [9.17, 15) is 5.11 Å². The lowest BCUT2D eigenvalue weighted by atomic mass is 10.1. The van der Waals surface area contributed by atoms with Crippen LogP contribution in [0.4, 0.5) is 11.4 Å². The molecular weight excluding hydrogens is 254 g/mol. The molecule has 0 spiro atoms. The van der Waals surface area contributed by atoms with E-state index in [0.29, 0.717) is 0 Å². The summed E-state index contributed by atoms with van der Waals surface area (Å²) >= 11 is 1.80. The zero-order chi connectivity index (χ0) is 13.4. The summed E-state index contributed by atoms with van der Waals surface area (Å²) in [6.45, 7) is 4.89. The molecule has 2 aromatic carbocycles. The van der Waals surface area contributed by atoms with Crippen LogP contribution < -0.4 is 4.90 Å². The average molecular weight is 271 g/mol. The summed E-state index contributed by atoms with van der Waals surface area (Å²) in [6, 6.07) is 14.7. The van der Waals surface area contributed by atoms with Gasteiger partial charge in [0.25, 0.3) is 0 Å². The fraction of sp³-hybridized carbons (Fsp3) is 0.250. The van der Waals surface area contributed by atoms with Gasteiger partial charge in [0.15, 0.2) is 0 Å². The Balaban J connectivity index is 2.13. The Bertz CT molecular complexity index is 609. The third kappa shape index (κ3) is 2.13. The first-order valence-corrected chi connectivity index (χ1v) is 7.38. The summed E-state index contributed by atoms with van der Waals surface area (Å²) in [4.78, 5) is 4.86. The number of aliphatic hydroxyl groups excluding tert-OH is 1. The Morgan fingerprint density at radius 1 is 1.11 bits per heavy atom. The predicted molar refractivity (Wildman–Crippen MR) is 80.3 cm³/mol. The molecule has 0 aromatic heterocycles. The molecule has 1 heterocycles. The van der Waals surface area contributed by atoms with Gasteiger partial charge in [-0.2, -0.15) is 0 Å². The van der Waals surface area contributed by atoms with E-state index >= 15 is 0 Å². The van der Waals surface area contributed by atoms with Crippen molar-refractivity contribution in [3.63, 3.8) is 0 Å². The highest BCUT2D eigenvalue weighted by atomic mass is 32.2. The van der Waals surface area contributed by atoms with Crippen molar-refractivity contribution < 1.29 is 5.11 Å². The second kappa shape index (κ2) is 4.91. The van der Waals surface area contributed by atoms with E-state index in [1.54, 1.807) is 11.8 Å². The van der Waals surface area contributed by atoms with E-state index in [2.05, 4.69) is 48.2 Å². The first kappa shape index (κ1) is 12.6. The van der Waals surface area contributed by atoms with Crippen LogP contribution >= 0.6 is 11.8 Å². The van der Waals surface area contributed by atoms with Gasteiger partial charge < -0.3 is 10.0 Å². The highest BCUT2D eigenvalue weighted by Gasteiger charge is 2.22. The molecule has 0 fully saturated rings. The molecule has 0 bridgehead atoms. The summed E-state index contributed by atoms with van der Waals surface area (Å²) in [5.41, 5.74) is 3.42. The van der Waals surface area contributed by atoms with Crippen LogP contribution in [0.2, 0.25) is 0 Å². The molecule has 3 rings (SSSR count). The van der Waals surface area contributed by atoms with Crippen molar-refractivity contribution in [1.82, 2.24) is 0 Å². The van der Waals surface area contributed by atoms with Crippen LogP contribution in [-0.2, 0) is 0 Å². The molecule has 0 amide bonds. The number of hydrogen-bond acceptors (Lipinski definition) is 3. The quantitative estimate of drug-likeness (QED) is 0.877. The molecule has 2 nitrogen and oxygen atoms in total. The molecule has 0 saturated heterocycles. The van der Waals surface area contributed by atoms with Crippen LogP contribution in [0.25, 0.3) is 0 Å². The normalized spacial score (nSPS) is 14.8. The number of aliphatic hydroxyl groups is 1. The van der Waals surface area contributed by atoms with Crippen molar-refractivity contribution in [2.24, 2.45) is 0 Å². The fourth-order valence-electron chi connectivity index (χ4n) is 2.45. The van der Waals surface area contributed by atoms with E-state index in [1.807, 2.05) is 13.0 Å². The number of anilines is 2. The summed E-state index contributed by atoms with van der Waals surface area (Å²) < 4.78 is 0. The van der Waals surface area contributed by atoms with Gasteiger partial charge in [-0.25, -0.2) is 0 Å². The molecular formula is C16H17NOS. The molecule has 1 aliphatic rings. The van der Waals surface area contributed by atoms with E-state index in [-0.39, 0.29) is 0 Å². The number of fused-ring (bicyclic) bond motifs is 2. The number of nitrogens with zero attached hydrogens (tertiary/aromatic N) is 1. The molecule has 1 N–H and O–H groups in total. The van der Waals surface area contributed by atoms with Crippen LogP contribution in [0, 0.1) is 0 Å². The number of benzene rings is 2. The van der Waals surface area contributed by atoms with Crippen LogP contribution in [0.1, 0.15) is 25.5 Å². The molecule has 98 valence electrons. The van der Waals surface area contributed by atoms with Gasteiger partial charge in [0.2, 0.25) is 0 Å². The SMILES string of the molecule is CCN1c2ccccc2Sc2ccc([C@H](C)O)cc21. The molecule has 0 radical (unpaired) electrons. The summed E-state index contributed by atoms with van der Waals surface area (Å²) in [5.74, 6) is 0. The average Bonchev–Trinajstić information content (AvgIpc) is 2.44. The van der Waals surface area contributed by atoms with Crippen LogP contribution in [-0.4, -0.2) is 11.7 Å².